The van der Waals surface area contributed by atoms with Gasteiger partial charge in [0.25, 0.3) is 0 Å². The molecule has 2 heterocycles. The zero-order chi connectivity index (χ0) is 26.3. The highest BCUT2D eigenvalue weighted by atomic mass is 15.3. The zero-order valence-corrected chi connectivity index (χ0v) is 22.5. The first-order chi connectivity index (χ1) is 18.5. The van der Waals surface area contributed by atoms with Crippen LogP contribution >= 0.6 is 0 Å². The van der Waals surface area contributed by atoms with Crippen molar-refractivity contribution in [3.05, 3.63) is 139 Å². The van der Waals surface area contributed by atoms with E-state index in [1.54, 1.807) is 0 Å². The molecule has 0 saturated heterocycles. The molecule has 5 aromatic rings. The van der Waals surface area contributed by atoms with Gasteiger partial charge in [-0.2, -0.15) is 0 Å². The molecule has 5 aromatic carbocycles. The lowest BCUT2D eigenvalue weighted by Gasteiger charge is -2.40. The second kappa shape index (κ2) is 11.3. The van der Waals surface area contributed by atoms with Gasteiger partial charge in [-0.1, -0.05) is 108 Å². The first-order valence-electron chi connectivity index (χ1n) is 13.2. The fourth-order valence-corrected chi connectivity index (χ4v) is 5.85. The third kappa shape index (κ3) is 4.62. The molecule has 0 spiro atoms. The molecular weight excluding hydrogens is 486 g/mol. The Hall–Kier alpha value is -4.50. The van der Waals surface area contributed by atoms with Crippen LogP contribution in [-0.4, -0.2) is 14.1 Å². The molecule has 40 heavy (non-hydrogen) atoms. The van der Waals surface area contributed by atoms with E-state index in [4.69, 9.17) is 0 Å². The Morgan fingerprint density at radius 1 is 0.400 bits per heavy atom. The fraction of sp³-hybridized carbons (Fsp3) is 0.189. The summed E-state index contributed by atoms with van der Waals surface area (Å²) in [4.78, 5) is 6.87. The van der Waals surface area contributed by atoms with Crippen molar-refractivity contribution in [1.29, 1.82) is 0 Å². The lowest BCUT2D eigenvalue weighted by molar-refractivity contribution is 0.629. The molecule has 0 radical (unpaired) electrons. The minimum Gasteiger partial charge on any atom is -0.344 e. The molecule has 3 nitrogen and oxygen atoms in total. The van der Waals surface area contributed by atoms with E-state index in [0.29, 0.717) is 0 Å². The average Bonchev–Trinajstić information content (AvgIpc) is 2.97. The highest BCUT2D eigenvalue weighted by Gasteiger charge is 2.34. The number of hydrogen-bond donors (Lipinski definition) is 0. The van der Waals surface area contributed by atoms with Crippen LogP contribution in [0.25, 0.3) is 0 Å². The van der Waals surface area contributed by atoms with Crippen LogP contribution in [0, 0.1) is 0 Å². The minimum absolute atomic E-state index is 0. The summed E-state index contributed by atoms with van der Waals surface area (Å²) in [5.41, 5.74) is 11.6. The Morgan fingerprint density at radius 3 is 1.18 bits per heavy atom. The molecule has 0 bridgehead atoms. The van der Waals surface area contributed by atoms with Crippen LogP contribution in [0.2, 0.25) is 0 Å². The number of nitrogens with zero attached hydrogens (tertiary/aromatic N) is 3. The van der Waals surface area contributed by atoms with Gasteiger partial charge in [0.15, 0.2) is 0 Å². The molecule has 3 heteroatoms. The maximum atomic E-state index is 2.32. The van der Waals surface area contributed by atoms with Crippen molar-refractivity contribution >= 4 is 39.8 Å². The van der Waals surface area contributed by atoms with E-state index in [1.165, 1.54) is 50.9 Å². The van der Waals surface area contributed by atoms with E-state index in [9.17, 15) is 0 Å². The van der Waals surface area contributed by atoms with Gasteiger partial charge in [-0.15, -0.1) is 0 Å². The molecule has 7 rings (SSSR count). The summed E-state index contributed by atoms with van der Waals surface area (Å²) in [6.45, 7) is 4.61. The molecule has 0 aromatic heterocycles. The molecule has 0 amide bonds. The first kappa shape index (κ1) is 28.5. The van der Waals surface area contributed by atoms with E-state index in [-0.39, 0.29) is 20.3 Å². The lowest BCUT2D eigenvalue weighted by Crippen LogP contribution is -2.30. The standard InChI is InChI=1S/C19H16N2.C16H17N.2CH4/c1-20-16-11-5-7-13-18(16)21(15-9-3-2-4-10-15)19-14-8-6-12-17(19)20;1-16(2)12-8-4-6-10-14(12)17(3)15-11-7-5-9-13(15)16;;/h2-14H,1H3;4-11H,1-3H3;2*1H4. The summed E-state index contributed by atoms with van der Waals surface area (Å²) in [6, 6.07) is 44.9. The van der Waals surface area contributed by atoms with Gasteiger partial charge in [0, 0.05) is 36.6 Å². The highest BCUT2D eigenvalue weighted by Crippen LogP contribution is 2.50. The number of benzene rings is 5. The molecule has 0 N–H and O–H groups in total. The largest absolute Gasteiger partial charge is 0.344 e. The number of anilines is 7. The van der Waals surface area contributed by atoms with Crippen molar-refractivity contribution in [3.8, 4) is 0 Å². The van der Waals surface area contributed by atoms with Gasteiger partial charge < -0.3 is 14.7 Å². The van der Waals surface area contributed by atoms with Crippen molar-refractivity contribution in [2.24, 2.45) is 0 Å². The van der Waals surface area contributed by atoms with Crippen molar-refractivity contribution in [1.82, 2.24) is 0 Å². The summed E-state index contributed by atoms with van der Waals surface area (Å²) in [5, 5.41) is 0. The van der Waals surface area contributed by atoms with E-state index in [1.807, 2.05) is 0 Å². The van der Waals surface area contributed by atoms with Crippen LogP contribution in [0.4, 0.5) is 39.8 Å². The maximum absolute atomic E-state index is 2.32. The average molecular weight is 528 g/mol. The van der Waals surface area contributed by atoms with Crippen LogP contribution in [0.15, 0.2) is 127 Å². The Labute approximate surface area is 240 Å². The van der Waals surface area contributed by atoms with Crippen LogP contribution in [0.3, 0.4) is 0 Å². The van der Waals surface area contributed by atoms with Crippen molar-refractivity contribution < 1.29 is 0 Å². The second-order valence-electron chi connectivity index (χ2n) is 10.4. The van der Waals surface area contributed by atoms with Crippen LogP contribution in [0.5, 0.6) is 0 Å². The zero-order valence-electron chi connectivity index (χ0n) is 22.5. The van der Waals surface area contributed by atoms with Crippen molar-refractivity contribution in [2.75, 3.05) is 28.8 Å². The number of para-hydroxylation sites is 7. The predicted molar refractivity (Wildman–Crippen MR) is 176 cm³/mol. The van der Waals surface area contributed by atoms with Crippen LogP contribution in [-0.2, 0) is 5.41 Å². The van der Waals surface area contributed by atoms with E-state index >= 15 is 0 Å². The number of hydrogen-bond acceptors (Lipinski definition) is 3. The van der Waals surface area contributed by atoms with E-state index < -0.39 is 0 Å². The molecule has 204 valence electrons. The highest BCUT2D eigenvalue weighted by molar-refractivity contribution is 5.97. The number of rotatable bonds is 1. The lowest BCUT2D eigenvalue weighted by atomic mass is 9.74. The minimum atomic E-state index is 0. The summed E-state index contributed by atoms with van der Waals surface area (Å²) in [6.07, 6.45) is 0. The van der Waals surface area contributed by atoms with Gasteiger partial charge in [0.05, 0.1) is 22.7 Å². The Kier molecular flexibility index (Phi) is 8.06. The van der Waals surface area contributed by atoms with Gasteiger partial charge in [0.1, 0.15) is 0 Å². The SMILES string of the molecule is C.C.CN1c2ccccc2C(C)(C)c2ccccc21.CN1c2ccccc2N(c2ccccc2)c2ccccc21. The Bertz CT molecular complexity index is 1490. The second-order valence-corrected chi connectivity index (χ2v) is 10.4. The van der Waals surface area contributed by atoms with Crippen LogP contribution in [0.1, 0.15) is 39.8 Å². The molecule has 0 atom stereocenters. The Morgan fingerprint density at radius 2 is 0.725 bits per heavy atom. The van der Waals surface area contributed by atoms with Gasteiger partial charge in [-0.25, -0.2) is 0 Å². The third-order valence-corrected chi connectivity index (χ3v) is 7.86. The quantitative estimate of drug-likeness (QED) is 0.215. The molecule has 2 aliphatic rings. The summed E-state index contributed by atoms with van der Waals surface area (Å²) in [7, 11) is 4.27. The van der Waals surface area contributed by atoms with Crippen molar-refractivity contribution in [3.63, 3.8) is 0 Å². The van der Waals surface area contributed by atoms with Gasteiger partial charge >= 0.3 is 0 Å². The smallest absolute Gasteiger partial charge is 0.0699 e. The molecular formula is C37H41N3. The molecule has 2 aliphatic heterocycles. The Balaban J connectivity index is 0.000000180. The van der Waals surface area contributed by atoms with Gasteiger partial charge in [-0.05, 0) is 59.7 Å². The fourth-order valence-electron chi connectivity index (χ4n) is 5.85. The molecule has 0 saturated carbocycles. The molecule has 0 fully saturated rings. The molecule has 0 unspecified atom stereocenters. The predicted octanol–water partition coefficient (Wildman–Crippen LogP) is 10.6. The van der Waals surface area contributed by atoms with Crippen molar-refractivity contribution in [2.45, 2.75) is 34.1 Å². The summed E-state index contributed by atoms with van der Waals surface area (Å²) in [5.74, 6) is 0. The first-order valence-corrected chi connectivity index (χ1v) is 13.2. The maximum Gasteiger partial charge on any atom is 0.0699 e. The van der Waals surface area contributed by atoms with Gasteiger partial charge in [0.2, 0.25) is 0 Å². The van der Waals surface area contributed by atoms with Gasteiger partial charge in [-0.3, -0.25) is 0 Å². The monoisotopic (exact) mass is 527 g/mol. The van der Waals surface area contributed by atoms with Crippen LogP contribution < -0.4 is 14.7 Å². The molecule has 0 aliphatic carbocycles. The van der Waals surface area contributed by atoms with E-state index in [2.05, 4.69) is 170 Å². The third-order valence-electron chi connectivity index (χ3n) is 7.86. The van der Waals surface area contributed by atoms with E-state index in [0.717, 1.165) is 0 Å². The summed E-state index contributed by atoms with van der Waals surface area (Å²) >= 11 is 0. The normalized spacial score (nSPS) is 13.7. The summed E-state index contributed by atoms with van der Waals surface area (Å²) < 4.78 is 0. The topological polar surface area (TPSA) is 9.72 Å². The number of fused-ring (bicyclic) bond motifs is 4.